The fourth-order valence-corrected chi connectivity index (χ4v) is 3.75. The Morgan fingerprint density at radius 2 is 1.55 bits per heavy atom. The number of allylic oxidation sites excluding steroid dienone is 3. The second kappa shape index (κ2) is 7.84. The molecule has 0 aromatic heterocycles. The number of hydrogen-bond donors (Lipinski definition) is 1. The highest BCUT2D eigenvalue weighted by atomic mass is 16.2. The van der Waals surface area contributed by atoms with Crippen molar-refractivity contribution in [2.24, 2.45) is 10.9 Å². The van der Waals surface area contributed by atoms with E-state index in [2.05, 4.69) is 10.3 Å². The Morgan fingerprint density at radius 1 is 0.966 bits per heavy atom. The maximum atomic E-state index is 13.2. The summed E-state index contributed by atoms with van der Waals surface area (Å²) >= 11 is 0. The highest BCUT2D eigenvalue weighted by Crippen LogP contribution is 2.31. The van der Waals surface area contributed by atoms with Crippen LogP contribution in [0.25, 0.3) is 0 Å². The standard InChI is InChI=1S/C25H22N2O2/c1-16-17(2)24(28)27-22-15-20(13-14-21(16)22)26-25(29)23(18-9-5-3-6-10-18)19-11-7-4-8-12-19/h3-15,21,23H,1-2H3,(H,27,28). The number of amides is 2. The van der Waals surface area contributed by atoms with Gasteiger partial charge < -0.3 is 5.32 Å². The van der Waals surface area contributed by atoms with Crippen molar-refractivity contribution in [3.63, 3.8) is 0 Å². The van der Waals surface area contributed by atoms with Gasteiger partial charge in [-0.05, 0) is 37.1 Å². The van der Waals surface area contributed by atoms with E-state index in [0.29, 0.717) is 5.71 Å². The van der Waals surface area contributed by atoms with Gasteiger partial charge >= 0.3 is 0 Å². The summed E-state index contributed by atoms with van der Waals surface area (Å²) in [5, 5.41) is 2.92. The summed E-state index contributed by atoms with van der Waals surface area (Å²) in [7, 11) is 0. The molecule has 1 atom stereocenters. The van der Waals surface area contributed by atoms with Crippen LogP contribution < -0.4 is 5.32 Å². The minimum Gasteiger partial charge on any atom is -0.325 e. The van der Waals surface area contributed by atoms with Crippen LogP contribution >= 0.6 is 0 Å². The van der Waals surface area contributed by atoms with Gasteiger partial charge in [-0.15, -0.1) is 0 Å². The number of carbonyl (C=O) groups excluding carboxylic acids is 2. The summed E-state index contributed by atoms with van der Waals surface area (Å²) in [6.07, 6.45) is 5.64. The van der Waals surface area contributed by atoms with Crippen molar-refractivity contribution in [3.05, 3.63) is 107 Å². The summed E-state index contributed by atoms with van der Waals surface area (Å²) < 4.78 is 0. The molecule has 0 radical (unpaired) electrons. The number of nitrogens with zero attached hydrogens (tertiary/aromatic N) is 1. The van der Waals surface area contributed by atoms with Crippen molar-refractivity contribution < 1.29 is 9.59 Å². The topological polar surface area (TPSA) is 58.5 Å². The van der Waals surface area contributed by atoms with Gasteiger partial charge in [0.1, 0.15) is 0 Å². The zero-order valence-corrected chi connectivity index (χ0v) is 16.4. The van der Waals surface area contributed by atoms with Crippen molar-refractivity contribution in [2.45, 2.75) is 19.8 Å². The second-order valence-electron chi connectivity index (χ2n) is 7.33. The molecule has 0 saturated carbocycles. The van der Waals surface area contributed by atoms with Crippen LogP contribution in [0.3, 0.4) is 0 Å². The van der Waals surface area contributed by atoms with Gasteiger partial charge in [0.15, 0.2) is 0 Å². The summed E-state index contributed by atoms with van der Waals surface area (Å²) in [5.41, 5.74) is 4.88. The van der Waals surface area contributed by atoms with Crippen LogP contribution in [0.15, 0.2) is 101 Å². The van der Waals surface area contributed by atoms with Crippen LogP contribution in [0, 0.1) is 5.92 Å². The maximum Gasteiger partial charge on any atom is 0.258 e. The van der Waals surface area contributed by atoms with Crippen LogP contribution in [0.1, 0.15) is 30.9 Å². The first-order valence-electron chi connectivity index (χ1n) is 9.65. The zero-order chi connectivity index (χ0) is 20.4. The van der Waals surface area contributed by atoms with E-state index < -0.39 is 5.92 Å². The lowest BCUT2D eigenvalue weighted by atomic mass is 9.85. The molecular formula is C25H22N2O2. The maximum absolute atomic E-state index is 13.2. The summed E-state index contributed by atoms with van der Waals surface area (Å²) in [5.74, 6) is -0.777. The lowest BCUT2D eigenvalue weighted by molar-refractivity contribution is -0.118. The third-order valence-electron chi connectivity index (χ3n) is 5.51. The van der Waals surface area contributed by atoms with E-state index in [1.54, 1.807) is 6.08 Å². The number of benzene rings is 2. The van der Waals surface area contributed by atoms with E-state index in [1.807, 2.05) is 86.7 Å². The van der Waals surface area contributed by atoms with E-state index in [-0.39, 0.29) is 17.7 Å². The first-order valence-corrected chi connectivity index (χ1v) is 9.65. The third-order valence-corrected chi connectivity index (χ3v) is 5.51. The molecule has 2 aliphatic rings. The average Bonchev–Trinajstić information content (AvgIpc) is 2.74. The fraction of sp³-hybridized carbons (Fsp3) is 0.160. The first kappa shape index (κ1) is 18.8. The van der Waals surface area contributed by atoms with Gasteiger partial charge in [0.2, 0.25) is 0 Å². The van der Waals surface area contributed by atoms with Crippen LogP contribution in [0.2, 0.25) is 0 Å². The number of carbonyl (C=O) groups is 2. The highest BCUT2D eigenvalue weighted by molar-refractivity contribution is 6.12. The fourth-order valence-electron chi connectivity index (χ4n) is 3.75. The molecule has 29 heavy (non-hydrogen) atoms. The van der Waals surface area contributed by atoms with Crippen LogP contribution in [0.5, 0.6) is 0 Å². The van der Waals surface area contributed by atoms with E-state index in [9.17, 15) is 9.59 Å². The predicted octanol–water partition coefficient (Wildman–Crippen LogP) is 4.32. The normalized spacial score (nSPS) is 19.8. The van der Waals surface area contributed by atoms with Gasteiger partial charge in [0.05, 0.1) is 11.6 Å². The molecule has 0 saturated heterocycles. The minimum atomic E-state index is -0.473. The predicted molar refractivity (Wildman–Crippen MR) is 114 cm³/mol. The Hall–Kier alpha value is -3.53. The Bertz CT molecular complexity index is 1040. The molecule has 144 valence electrons. The molecule has 2 aromatic rings. The van der Waals surface area contributed by atoms with Crippen molar-refractivity contribution >= 4 is 17.5 Å². The summed E-state index contributed by atoms with van der Waals surface area (Å²) in [4.78, 5) is 29.7. The van der Waals surface area contributed by atoms with Gasteiger partial charge in [-0.2, -0.15) is 0 Å². The smallest absolute Gasteiger partial charge is 0.258 e. The number of hydrogen-bond acceptors (Lipinski definition) is 2. The third kappa shape index (κ3) is 3.74. The van der Waals surface area contributed by atoms with E-state index in [1.165, 1.54) is 0 Å². The largest absolute Gasteiger partial charge is 0.325 e. The lowest BCUT2D eigenvalue weighted by Crippen LogP contribution is -2.35. The number of nitrogens with one attached hydrogen (secondary N) is 1. The quantitative estimate of drug-likeness (QED) is 0.859. The number of aliphatic imine (C=N–C) groups is 1. The molecule has 4 heteroatoms. The molecule has 2 amide bonds. The number of fused-ring (bicyclic) bond motifs is 1. The molecule has 1 N–H and O–H groups in total. The van der Waals surface area contributed by atoms with E-state index in [4.69, 9.17) is 0 Å². The zero-order valence-electron chi connectivity index (χ0n) is 16.4. The molecule has 4 rings (SSSR count). The SMILES string of the molecule is CC1=C(C)C2C=CC(=NC(=O)C(c3ccccc3)c3ccccc3)C=C2NC1=O. The van der Waals surface area contributed by atoms with Crippen molar-refractivity contribution in [3.8, 4) is 0 Å². The number of rotatable bonds is 3. The van der Waals surface area contributed by atoms with Crippen LogP contribution in [-0.2, 0) is 9.59 Å². The molecule has 0 spiro atoms. The average molecular weight is 382 g/mol. The summed E-state index contributed by atoms with van der Waals surface area (Å²) in [6, 6.07) is 19.3. The molecule has 0 fully saturated rings. The molecule has 1 aliphatic carbocycles. The Kier molecular flexibility index (Phi) is 5.09. The molecule has 1 heterocycles. The molecule has 1 unspecified atom stereocenters. The summed E-state index contributed by atoms with van der Waals surface area (Å²) in [6.45, 7) is 3.79. The van der Waals surface area contributed by atoms with Gasteiger partial charge in [-0.3, -0.25) is 9.59 Å². The van der Waals surface area contributed by atoms with E-state index >= 15 is 0 Å². The molecule has 2 aromatic carbocycles. The van der Waals surface area contributed by atoms with Crippen LogP contribution in [-0.4, -0.2) is 17.5 Å². The molecule has 1 aliphatic heterocycles. The van der Waals surface area contributed by atoms with Crippen LogP contribution in [0.4, 0.5) is 0 Å². The molecule has 0 bridgehead atoms. The van der Waals surface area contributed by atoms with Gasteiger partial charge in [-0.1, -0.05) is 72.3 Å². The minimum absolute atomic E-state index is 0.0285. The molecule has 4 nitrogen and oxygen atoms in total. The lowest BCUT2D eigenvalue weighted by Gasteiger charge is -2.28. The van der Waals surface area contributed by atoms with Crippen molar-refractivity contribution in [1.82, 2.24) is 5.32 Å². The van der Waals surface area contributed by atoms with Crippen molar-refractivity contribution in [2.75, 3.05) is 0 Å². The Labute approximate surface area is 170 Å². The van der Waals surface area contributed by atoms with Gasteiger partial charge in [-0.25, -0.2) is 4.99 Å². The van der Waals surface area contributed by atoms with Gasteiger partial charge in [0.25, 0.3) is 11.8 Å². The first-order chi connectivity index (χ1) is 14.0. The Balaban J connectivity index is 1.68. The van der Waals surface area contributed by atoms with E-state index in [0.717, 1.165) is 28.0 Å². The Morgan fingerprint density at radius 3 is 2.14 bits per heavy atom. The molecular weight excluding hydrogens is 360 g/mol. The second-order valence-corrected chi connectivity index (χ2v) is 7.33. The van der Waals surface area contributed by atoms with Gasteiger partial charge in [0, 0.05) is 17.2 Å². The highest BCUT2D eigenvalue weighted by Gasteiger charge is 2.28. The van der Waals surface area contributed by atoms with Crippen molar-refractivity contribution in [1.29, 1.82) is 0 Å². The monoisotopic (exact) mass is 382 g/mol.